The van der Waals surface area contributed by atoms with Gasteiger partial charge in [-0.3, -0.25) is 9.48 Å². The highest BCUT2D eigenvalue weighted by Crippen LogP contribution is 2.15. The van der Waals surface area contributed by atoms with Crippen LogP contribution >= 0.6 is 0 Å². The number of hydrogen-bond acceptors (Lipinski definition) is 4. The van der Waals surface area contributed by atoms with Gasteiger partial charge in [-0.25, -0.2) is 4.79 Å². The van der Waals surface area contributed by atoms with Gasteiger partial charge in [0, 0.05) is 30.2 Å². The summed E-state index contributed by atoms with van der Waals surface area (Å²) in [5, 5.41) is 21.0. The monoisotopic (exact) mass is 360 g/mol. The zero-order chi connectivity index (χ0) is 19.2. The van der Waals surface area contributed by atoms with Crippen LogP contribution in [0.15, 0.2) is 60.8 Å². The van der Waals surface area contributed by atoms with Gasteiger partial charge in [0.05, 0.1) is 5.69 Å². The summed E-state index contributed by atoms with van der Waals surface area (Å²) < 4.78 is 1.45. The summed E-state index contributed by atoms with van der Waals surface area (Å²) in [6.07, 6.45) is 1.56. The molecule has 0 fully saturated rings. The number of aromatic nitrogens is 2. The molecule has 0 radical (unpaired) electrons. The highest BCUT2D eigenvalue weighted by atomic mass is 16.2. The van der Waals surface area contributed by atoms with Gasteiger partial charge in [-0.1, -0.05) is 18.2 Å². The van der Waals surface area contributed by atoms with E-state index in [1.807, 2.05) is 24.3 Å². The van der Waals surface area contributed by atoms with Crippen LogP contribution in [0.1, 0.15) is 16.1 Å². The van der Waals surface area contributed by atoms with Crippen LogP contribution in [-0.4, -0.2) is 21.7 Å². The topological polar surface area (TPSA) is 112 Å². The first-order valence-electron chi connectivity index (χ1n) is 8.03. The zero-order valence-corrected chi connectivity index (χ0v) is 14.4. The average Bonchev–Trinajstić information content (AvgIpc) is 3.02. The first kappa shape index (κ1) is 17.7. The normalized spacial score (nSPS) is 9.93. The van der Waals surface area contributed by atoms with Gasteiger partial charge in [-0.05, 0) is 36.4 Å². The Morgan fingerprint density at radius 1 is 0.963 bits per heavy atom. The third-order valence-electron chi connectivity index (χ3n) is 3.62. The van der Waals surface area contributed by atoms with E-state index >= 15 is 0 Å². The minimum Gasteiger partial charge on any atom is -0.318 e. The van der Waals surface area contributed by atoms with E-state index in [2.05, 4.69) is 21.0 Å². The van der Waals surface area contributed by atoms with Gasteiger partial charge < -0.3 is 16.0 Å². The van der Waals surface area contributed by atoms with Gasteiger partial charge in [-0.15, -0.1) is 0 Å². The van der Waals surface area contributed by atoms with E-state index in [4.69, 9.17) is 5.26 Å². The SMILES string of the molecule is Cn1cc(NC(=O)c2ccc(NC(=O)Nc3ccccc3)cc2)c(C#N)n1. The number of rotatable bonds is 4. The lowest BCUT2D eigenvalue weighted by Crippen LogP contribution is -2.19. The van der Waals surface area contributed by atoms with Gasteiger partial charge in [0.15, 0.2) is 5.69 Å². The van der Waals surface area contributed by atoms with Crippen molar-refractivity contribution in [1.82, 2.24) is 9.78 Å². The molecule has 3 N–H and O–H groups in total. The fourth-order valence-corrected chi connectivity index (χ4v) is 2.38. The second-order valence-corrected chi connectivity index (χ2v) is 5.65. The average molecular weight is 360 g/mol. The number of para-hydroxylation sites is 1. The predicted octanol–water partition coefficient (Wildman–Crippen LogP) is 3.19. The second-order valence-electron chi connectivity index (χ2n) is 5.65. The minimum atomic E-state index is -0.382. The number of nitrogens with zero attached hydrogens (tertiary/aromatic N) is 3. The van der Waals surface area contributed by atoms with Crippen molar-refractivity contribution in [3.63, 3.8) is 0 Å². The molecule has 0 aliphatic rings. The van der Waals surface area contributed by atoms with Crippen molar-refractivity contribution < 1.29 is 9.59 Å². The van der Waals surface area contributed by atoms with Crippen LogP contribution in [0.3, 0.4) is 0 Å². The Kier molecular flexibility index (Phi) is 5.14. The van der Waals surface area contributed by atoms with Crippen LogP contribution in [0.5, 0.6) is 0 Å². The highest BCUT2D eigenvalue weighted by Gasteiger charge is 2.12. The smallest absolute Gasteiger partial charge is 0.318 e. The van der Waals surface area contributed by atoms with Crippen molar-refractivity contribution in [2.45, 2.75) is 0 Å². The molecule has 0 atom stereocenters. The standard InChI is InChI=1S/C19H16N6O2/c1-25-12-17(16(11-20)24-25)23-18(26)13-7-9-15(10-8-13)22-19(27)21-14-5-3-2-4-6-14/h2-10,12H,1H3,(H,23,26)(H2,21,22,27). The summed E-state index contributed by atoms with van der Waals surface area (Å²) in [6.45, 7) is 0. The van der Waals surface area contributed by atoms with E-state index in [0.717, 1.165) is 0 Å². The lowest BCUT2D eigenvalue weighted by atomic mass is 10.2. The largest absolute Gasteiger partial charge is 0.323 e. The number of anilines is 3. The van der Waals surface area contributed by atoms with Crippen LogP contribution in [0.2, 0.25) is 0 Å². The number of aryl methyl sites for hydroxylation is 1. The Balaban J connectivity index is 1.62. The number of carbonyl (C=O) groups is 2. The van der Waals surface area contributed by atoms with Gasteiger partial charge in [-0.2, -0.15) is 10.4 Å². The van der Waals surface area contributed by atoms with E-state index in [-0.39, 0.29) is 17.6 Å². The number of nitriles is 1. The summed E-state index contributed by atoms with van der Waals surface area (Å²) >= 11 is 0. The predicted molar refractivity (Wildman–Crippen MR) is 101 cm³/mol. The molecule has 3 aromatic rings. The van der Waals surface area contributed by atoms with E-state index in [9.17, 15) is 9.59 Å². The number of carbonyl (C=O) groups excluding carboxylic acids is 2. The van der Waals surface area contributed by atoms with Crippen molar-refractivity contribution in [2.24, 2.45) is 7.05 Å². The fourth-order valence-electron chi connectivity index (χ4n) is 2.38. The molecule has 0 bridgehead atoms. The number of nitrogens with one attached hydrogen (secondary N) is 3. The Morgan fingerprint density at radius 3 is 2.22 bits per heavy atom. The molecule has 2 aromatic carbocycles. The number of urea groups is 1. The zero-order valence-electron chi connectivity index (χ0n) is 14.4. The van der Waals surface area contributed by atoms with Gasteiger partial charge in [0.25, 0.3) is 5.91 Å². The Bertz CT molecular complexity index is 1000. The second kappa shape index (κ2) is 7.84. The number of amides is 3. The maximum atomic E-state index is 12.3. The van der Waals surface area contributed by atoms with Crippen molar-refractivity contribution in [1.29, 1.82) is 5.26 Å². The third-order valence-corrected chi connectivity index (χ3v) is 3.62. The summed E-state index contributed by atoms with van der Waals surface area (Å²) in [5.74, 6) is -0.375. The Morgan fingerprint density at radius 2 is 1.59 bits per heavy atom. The minimum absolute atomic E-state index is 0.140. The quantitative estimate of drug-likeness (QED) is 0.663. The maximum absolute atomic E-state index is 12.3. The van der Waals surface area contributed by atoms with Gasteiger partial charge >= 0.3 is 6.03 Å². The molecule has 0 saturated carbocycles. The molecule has 0 aliphatic heterocycles. The summed E-state index contributed by atoms with van der Waals surface area (Å²) in [5.41, 5.74) is 2.09. The summed E-state index contributed by atoms with van der Waals surface area (Å²) in [6, 6.07) is 17.0. The van der Waals surface area contributed by atoms with Crippen molar-refractivity contribution >= 4 is 29.0 Å². The van der Waals surface area contributed by atoms with Crippen LogP contribution < -0.4 is 16.0 Å². The lowest BCUT2D eigenvalue weighted by Gasteiger charge is -2.08. The van der Waals surface area contributed by atoms with E-state index < -0.39 is 0 Å². The highest BCUT2D eigenvalue weighted by molar-refractivity contribution is 6.05. The first-order chi connectivity index (χ1) is 13.0. The third kappa shape index (κ3) is 4.49. The van der Waals surface area contributed by atoms with Crippen LogP contribution in [0.4, 0.5) is 21.9 Å². The van der Waals surface area contributed by atoms with Crippen LogP contribution in [0.25, 0.3) is 0 Å². The fraction of sp³-hybridized carbons (Fsp3) is 0.0526. The van der Waals surface area contributed by atoms with E-state index in [1.165, 1.54) is 4.68 Å². The van der Waals surface area contributed by atoms with Gasteiger partial charge in [0.1, 0.15) is 6.07 Å². The Labute approximate surface area is 155 Å². The van der Waals surface area contributed by atoms with Crippen molar-refractivity contribution in [2.75, 3.05) is 16.0 Å². The molecule has 8 heteroatoms. The molecule has 1 heterocycles. The molecule has 0 unspecified atom stereocenters. The maximum Gasteiger partial charge on any atom is 0.323 e. The summed E-state index contributed by atoms with van der Waals surface area (Å²) in [7, 11) is 1.66. The molecule has 0 aliphatic carbocycles. The molecule has 3 rings (SSSR count). The van der Waals surface area contributed by atoms with Crippen LogP contribution in [-0.2, 0) is 7.05 Å². The van der Waals surface area contributed by atoms with Gasteiger partial charge in [0.2, 0.25) is 0 Å². The Hall–Kier alpha value is -4.12. The number of benzene rings is 2. The van der Waals surface area contributed by atoms with E-state index in [0.29, 0.717) is 22.6 Å². The molecule has 27 heavy (non-hydrogen) atoms. The molecule has 134 valence electrons. The van der Waals surface area contributed by atoms with E-state index in [1.54, 1.807) is 49.6 Å². The number of hydrogen-bond donors (Lipinski definition) is 3. The van der Waals surface area contributed by atoms with Crippen LogP contribution in [0, 0.1) is 11.3 Å². The molecule has 0 saturated heterocycles. The van der Waals surface area contributed by atoms with Crippen molar-refractivity contribution in [3.05, 3.63) is 72.1 Å². The first-order valence-corrected chi connectivity index (χ1v) is 8.03. The molecule has 1 aromatic heterocycles. The molecule has 0 spiro atoms. The summed E-state index contributed by atoms with van der Waals surface area (Å²) in [4.78, 5) is 24.3. The van der Waals surface area contributed by atoms with Crippen molar-refractivity contribution in [3.8, 4) is 6.07 Å². The molecule has 8 nitrogen and oxygen atoms in total. The lowest BCUT2D eigenvalue weighted by molar-refractivity contribution is 0.102. The molecular formula is C19H16N6O2. The molecule has 3 amide bonds. The molecular weight excluding hydrogens is 344 g/mol.